The Morgan fingerprint density at radius 1 is 0.868 bits per heavy atom. The third kappa shape index (κ3) is 3.37. The number of methoxy groups -OCH3 is 2. The number of ether oxygens (including phenoxy) is 3. The largest absolute Gasteiger partial charge is 0.493 e. The summed E-state index contributed by atoms with van der Waals surface area (Å²) in [7, 11) is 3.24. The molecule has 0 N–H and O–H groups in total. The molecule has 4 aromatic carbocycles. The summed E-state index contributed by atoms with van der Waals surface area (Å²) in [6.07, 6.45) is 1.59. The van der Waals surface area contributed by atoms with Gasteiger partial charge < -0.3 is 14.2 Å². The van der Waals surface area contributed by atoms with Gasteiger partial charge in [0.2, 0.25) is 5.88 Å². The second-order valence-electron chi connectivity index (χ2n) is 9.02. The number of benzene rings is 4. The number of fused-ring (bicyclic) bond motifs is 6. The molecule has 3 heterocycles. The Morgan fingerprint density at radius 2 is 1.68 bits per heavy atom. The summed E-state index contributed by atoms with van der Waals surface area (Å²) in [5, 5.41) is 6.81. The minimum Gasteiger partial charge on any atom is -0.493 e. The van der Waals surface area contributed by atoms with Crippen LogP contribution < -0.4 is 14.2 Å². The van der Waals surface area contributed by atoms with Gasteiger partial charge in [-0.1, -0.05) is 36.4 Å². The van der Waals surface area contributed by atoms with E-state index in [0.29, 0.717) is 34.4 Å². The van der Waals surface area contributed by atoms with Gasteiger partial charge in [-0.3, -0.25) is 0 Å². The fourth-order valence-electron chi connectivity index (χ4n) is 5.19. The lowest BCUT2D eigenvalue weighted by Gasteiger charge is -2.29. The van der Waals surface area contributed by atoms with Crippen molar-refractivity contribution in [2.75, 3.05) is 14.2 Å². The van der Waals surface area contributed by atoms with E-state index in [1.165, 1.54) is 12.1 Å². The van der Waals surface area contributed by atoms with Crippen LogP contribution in [0.1, 0.15) is 22.6 Å². The van der Waals surface area contributed by atoms with E-state index in [-0.39, 0.29) is 11.7 Å². The zero-order chi connectivity index (χ0) is 25.8. The Balaban J connectivity index is 1.53. The summed E-state index contributed by atoms with van der Waals surface area (Å²) < 4.78 is 32.7. The second kappa shape index (κ2) is 8.55. The Bertz CT molecular complexity index is 1850. The van der Waals surface area contributed by atoms with Crippen LogP contribution in [0.5, 0.6) is 23.1 Å². The van der Waals surface area contributed by atoms with Gasteiger partial charge in [0, 0.05) is 17.0 Å². The molecule has 1 aliphatic heterocycles. The SMILES string of the molecule is COc1ccc(C2c3c(ccc4ccccc34)Oc3ncn4nc(-c5ccc(F)cc5)nc4c32)cc1OC. The smallest absolute Gasteiger partial charge is 0.228 e. The third-order valence-corrected chi connectivity index (χ3v) is 6.94. The van der Waals surface area contributed by atoms with Crippen LogP contribution in [0.4, 0.5) is 4.39 Å². The van der Waals surface area contributed by atoms with Crippen molar-refractivity contribution in [3.05, 3.63) is 108 Å². The first kappa shape index (κ1) is 22.2. The standard InChI is InChI=1S/C30H21FN4O3/c1-36-22-13-10-19(15-24(22)37-2)25-26-21-6-4-3-5-17(21)9-14-23(26)38-30-27(25)29-33-28(34-35(29)16-32-30)18-7-11-20(31)12-8-18/h3-16,25H,1-2H3. The first-order valence-electron chi connectivity index (χ1n) is 12.1. The van der Waals surface area contributed by atoms with Crippen molar-refractivity contribution >= 4 is 16.4 Å². The van der Waals surface area contributed by atoms with Gasteiger partial charge in [-0.25, -0.2) is 18.9 Å². The second-order valence-corrected chi connectivity index (χ2v) is 9.02. The molecule has 38 heavy (non-hydrogen) atoms. The number of hydrogen-bond acceptors (Lipinski definition) is 6. The highest BCUT2D eigenvalue weighted by Gasteiger charge is 2.35. The van der Waals surface area contributed by atoms with E-state index in [1.807, 2.05) is 42.5 Å². The normalized spacial score (nSPS) is 14.1. The molecule has 0 saturated heterocycles. The monoisotopic (exact) mass is 504 g/mol. The number of rotatable bonds is 4. The highest BCUT2D eigenvalue weighted by Crippen LogP contribution is 2.51. The molecular weight excluding hydrogens is 483 g/mol. The van der Waals surface area contributed by atoms with Crippen LogP contribution in [-0.2, 0) is 0 Å². The maximum Gasteiger partial charge on any atom is 0.228 e. The number of hydrogen-bond donors (Lipinski definition) is 0. The molecule has 2 aromatic heterocycles. The quantitative estimate of drug-likeness (QED) is 0.277. The van der Waals surface area contributed by atoms with E-state index in [2.05, 4.69) is 22.2 Å². The summed E-state index contributed by atoms with van der Waals surface area (Å²) in [5.41, 5.74) is 4.06. The fourth-order valence-corrected chi connectivity index (χ4v) is 5.19. The number of aromatic nitrogens is 4. The number of halogens is 1. The van der Waals surface area contributed by atoms with Gasteiger partial charge in [0.15, 0.2) is 23.0 Å². The van der Waals surface area contributed by atoms with Crippen LogP contribution in [0, 0.1) is 5.82 Å². The first-order chi connectivity index (χ1) is 18.6. The van der Waals surface area contributed by atoms with Crippen molar-refractivity contribution in [1.82, 2.24) is 19.6 Å². The van der Waals surface area contributed by atoms with E-state index in [0.717, 1.165) is 33.2 Å². The van der Waals surface area contributed by atoms with E-state index in [4.69, 9.17) is 19.2 Å². The molecule has 6 aromatic rings. The summed E-state index contributed by atoms with van der Waals surface area (Å²) in [5.74, 6) is 2.30. The Kier molecular flexibility index (Phi) is 5.00. The van der Waals surface area contributed by atoms with Gasteiger partial charge in [0.1, 0.15) is 17.9 Å². The van der Waals surface area contributed by atoms with Gasteiger partial charge in [-0.15, -0.1) is 5.10 Å². The molecule has 0 fully saturated rings. The predicted octanol–water partition coefficient (Wildman–Crippen LogP) is 6.39. The van der Waals surface area contributed by atoms with Crippen molar-refractivity contribution in [1.29, 1.82) is 0 Å². The first-order valence-corrected chi connectivity index (χ1v) is 12.1. The van der Waals surface area contributed by atoms with E-state index < -0.39 is 0 Å². The van der Waals surface area contributed by atoms with Gasteiger partial charge in [0.05, 0.1) is 19.8 Å². The molecule has 7 nitrogen and oxygen atoms in total. The summed E-state index contributed by atoms with van der Waals surface area (Å²) in [4.78, 5) is 9.51. The maximum absolute atomic E-state index is 13.6. The fraction of sp³-hybridized carbons (Fsp3) is 0.100. The van der Waals surface area contributed by atoms with Crippen molar-refractivity contribution in [3.8, 4) is 34.5 Å². The zero-order valence-corrected chi connectivity index (χ0v) is 20.6. The Hall–Kier alpha value is -4.98. The van der Waals surface area contributed by atoms with Crippen LogP contribution >= 0.6 is 0 Å². The van der Waals surface area contributed by atoms with Crippen molar-refractivity contribution < 1.29 is 18.6 Å². The molecule has 1 unspecified atom stereocenters. The molecule has 0 radical (unpaired) electrons. The van der Waals surface area contributed by atoms with Gasteiger partial charge in [-0.05, 0) is 58.8 Å². The zero-order valence-electron chi connectivity index (χ0n) is 20.6. The minimum absolute atomic E-state index is 0.291. The molecule has 186 valence electrons. The summed E-state index contributed by atoms with van der Waals surface area (Å²) in [6, 6.07) is 24.3. The van der Waals surface area contributed by atoms with Gasteiger partial charge >= 0.3 is 0 Å². The average molecular weight is 505 g/mol. The molecule has 0 spiro atoms. The van der Waals surface area contributed by atoms with Crippen LogP contribution in [0.3, 0.4) is 0 Å². The molecule has 0 bridgehead atoms. The van der Waals surface area contributed by atoms with E-state index in [9.17, 15) is 4.39 Å². The molecule has 1 aliphatic rings. The molecule has 0 aliphatic carbocycles. The van der Waals surface area contributed by atoms with Crippen LogP contribution in [0.2, 0.25) is 0 Å². The lowest BCUT2D eigenvalue weighted by atomic mass is 9.81. The highest BCUT2D eigenvalue weighted by molar-refractivity contribution is 5.91. The Labute approximate surface area is 217 Å². The molecule has 7 rings (SSSR count). The van der Waals surface area contributed by atoms with Crippen LogP contribution in [0.15, 0.2) is 85.2 Å². The molecular formula is C30H21FN4O3. The molecule has 0 amide bonds. The van der Waals surface area contributed by atoms with Crippen molar-refractivity contribution in [2.45, 2.75) is 5.92 Å². The predicted molar refractivity (Wildman–Crippen MR) is 141 cm³/mol. The van der Waals surface area contributed by atoms with E-state index >= 15 is 0 Å². The lowest BCUT2D eigenvalue weighted by molar-refractivity contribution is 0.354. The third-order valence-electron chi connectivity index (χ3n) is 6.94. The van der Waals surface area contributed by atoms with Crippen LogP contribution in [-0.4, -0.2) is 33.8 Å². The highest BCUT2D eigenvalue weighted by atomic mass is 19.1. The van der Waals surface area contributed by atoms with Crippen LogP contribution in [0.25, 0.3) is 27.8 Å². The molecule has 0 saturated carbocycles. The topological polar surface area (TPSA) is 70.8 Å². The molecule has 1 atom stereocenters. The summed E-state index contributed by atoms with van der Waals surface area (Å²) in [6.45, 7) is 0. The maximum atomic E-state index is 13.6. The lowest BCUT2D eigenvalue weighted by Crippen LogP contribution is -2.15. The van der Waals surface area contributed by atoms with E-state index in [1.54, 1.807) is 37.2 Å². The average Bonchev–Trinajstić information content (AvgIpc) is 3.40. The minimum atomic E-state index is -0.318. The Morgan fingerprint density at radius 3 is 2.50 bits per heavy atom. The van der Waals surface area contributed by atoms with Gasteiger partial charge in [0.25, 0.3) is 0 Å². The summed E-state index contributed by atoms with van der Waals surface area (Å²) >= 11 is 0. The van der Waals surface area contributed by atoms with Gasteiger partial charge in [-0.2, -0.15) is 0 Å². The molecule has 8 heteroatoms. The van der Waals surface area contributed by atoms with Crippen molar-refractivity contribution in [2.24, 2.45) is 0 Å². The number of nitrogens with zero attached hydrogens (tertiary/aromatic N) is 4. The van der Waals surface area contributed by atoms with Crippen molar-refractivity contribution in [3.63, 3.8) is 0 Å².